The molecular formula is C20H21NO3. The second kappa shape index (κ2) is 7.30. The zero-order valence-corrected chi connectivity index (χ0v) is 13.8. The smallest absolute Gasteiger partial charge is 0.262 e. The van der Waals surface area contributed by atoms with Crippen LogP contribution >= 0.6 is 0 Å². The number of anilines is 1. The van der Waals surface area contributed by atoms with Gasteiger partial charge in [-0.3, -0.25) is 9.59 Å². The van der Waals surface area contributed by atoms with E-state index in [0.29, 0.717) is 11.3 Å². The molecule has 0 heterocycles. The highest BCUT2D eigenvalue weighted by atomic mass is 16.5. The monoisotopic (exact) mass is 323 g/mol. The van der Waals surface area contributed by atoms with Gasteiger partial charge >= 0.3 is 0 Å². The summed E-state index contributed by atoms with van der Waals surface area (Å²) < 4.78 is 5.60. The first-order valence-electron chi connectivity index (χ1n) is 8.27. The molecule has 0 fully saturated rings. The maximum atomic E-state index is 12.0. The van der Waals surface area contributed by atoms with Crippen molar-refractivity contribution < 1.29 is 14.3 Å². The fourth-order valence-electron chi connectivity index (χ4n) is 2.96. The van der Waals surface area contributed by atoms with E-state index in [1.165, 1.54) is 30.9 Å². The number of carbonyl (C=O) groups excluding carboxylic acids is 2. The van der Waals surface area contributed by atoms with Gasteiger partial charge in [0.15, 0.2) is 12.4 Å². The molecule has 0 spiro atoms. The van der Waals surface area contributed by atoms with Gasteiger partial charge in [0.1, 0.15) is 5.75 Å². The second-order valence-electron chi connectivity index (χ2n) is 6.11. The van der Waals surface area contributed by atoms with Crippen molar-refractivity contribution in [2.45, 2.75) is 32.6 Å². The van der Waals surface area contributed by atoms with Crippen molar-refractivity contribution in [3.05, 3.63) is 59.2 Å². The number of nitrogens with one attached hydrogen (secondary N) is 1. The molecule has 2 aromatic carbocycles. The number of hydrogen-bond donors (Lipinski definition) is 1. The Kier molecular flexibility index (Phi) is 4.94. The van der Waals surface area contributed by atoms with Gasteiger partial charge in [0.2, 0.25) is 0 Å². The number of rotatable bonds is 5. The first-order chi connectivity index (χ1) is 11.6. The maximum Gasteiger partial charge on any atom is 0.262 e. The average molecular weight is 323 g/mol. The average Bonchev–Trinajstić information content (AvgIpc) is 2.60. The van der Waals surface area contributed by atoms with Crippen LogP contribution in [0.1, 0.15) is 41.3 Å². The molecule has 1 aliphatic carbocycles. The van der Waals surface area contributed by atoms with E-state index >= 15 is 0 Å². The lowest BCUT2D eigenvalue weighted by atomic mass is 9.92. The molecule has 0 unspecified atom stereocenters. The van der Waals surface area contributed by atoms with Gasteiger partial charge in [-0.1, -0.05) is 18.2 Å². The molecule has 1 N–H and O–H groups in total. The number of hydrogen-bond acceptors (Lipinski definition) is 3. The zero-order chi connectivity index (χ0) is 16.9. The Balaban J connectivity index is 1.57. The minimum atomic E-state index is -0.242. The van der Waals surface area contributed by atoms with Crippen LogP contribution in [0.4, 0.5) is 5.69 Å². The van der Waals surface area contributed by atoms with Crippen molar-refractivity contribution in [2.24, 2.45) is 0 Å². The first-order valence-corrected chi connectivity index (χ1v) is 8.27. The zero-order valence-electron chi connectivity index (χ0n) is 13.8. The van der Waals surface area contributed by atoms with Crippen molar-refractivity contribution in [1.29, 1.82) is 0 Å². The van der Waals surface area contributed by atoms with Crippen LogP contribution in [-0.2, 0) is 17.6 Å². The van der Waals surface area contributed by atoms with Crippen LogP contribution in [0.25, 0.3) is 0 Å². The van der Waals surface area contributed by atoms with Gasteiger partial charge in [0.05, 0.1) is 0 Å². The van der Waals surface area contributed by atoms with Crippen LogP contribution < -0.4 is 10.1 Å². The number of benzene rings is 2. The topological polar surface area (TPSA) is 55.4 Å². The molecule has 24 heavy (non-hydrogen) atoms. The van der Waals surface area contributed by atoms with Crippen molar-refractivity contribution >= 4 is 17.4 Å². The summed E-state index contributed by atoms with van der Waals surface area (Å²) in [6.45, 7) is 1.45. The fourth-order valence-corrected chi connectivity index (χ4v) is 2.96. The summed E-state index contributed by atoms with van der Waals surface area (Å²) >= 11 is 0. The minimum Gasteiger partial charge on any atom is -0.484 e. The van der Waals surface area contributed by atoms with Crippen molar-refractivity contribution in [1.82, 2.24) is 0 Å². The number of aryl methyl sites for hydroxylation is 2. The predicted molar refractivity (Wildman–Crippen MR) is 93.7 cm³/mol. The van der Waals surface area contributed by atoms with Crippen LogP contribution in [0.2, 0.25) is 0 Å². The highest BCUT2D eigenvalue weighted by Gasteiger charge is 2.11. The molecule has 4 nitrogen and oxygen atoms in total. The second-order valence-corrected chi connectivity index (χ2v) is 6.11. The van der Waals surface area contributed by atoms with E-state index in [1.807, 2.05) is 12.1 Å². The van der Waals surface area contributed by atoms with Crippen LogP contribution in [-0.4, -0.2) is 18.3 Å². The molecule has 4 heteroatoms. The van der Waals surface area contributed by atoms with Crippen LogP contribution in [0, 0.1) is 0 Å². The van der Waals surface area contributed by atoms with Gasteiger partial charge in [-0.05, 0) is 68.0 Å². The summed E-state index contributed by atoms with van der Waals surface area (Å²) in [6, 6.07) is 12.9. The molecule has 0 aromatic heterocycles. The van der Waals surface area contributed by atoms with E-state index in [4.69, 9.17) is 4.74 Å². The van der Waals surface area contributed by atoms with Gasteiger partial charge in [0, 0.05) is 11.3 Å². The maximum absolute atomic E-state index is 12.0. The Labute approximate surface area is 141 Å². The molecule has 0 saturated carbocycles. The first kappa shape index (κ1) is 16.2. The largest absolute Gasteiger partial charge is 0.484 e. The Hall–Kier alpha value is -2.62. The lowest BCUT2D eigenvalue weighted by Crippen LogP contribution is -2.20. The SMILES string of the molecule is CC(=O)c1cccc(NC(=O)COc2ccc3c(c2)CCCC3)c1. The van der Waals surface area contributed by atoms with Crippen LogP contribution in [0.5, 0.6) is 5.75 Å². The summed E-state index contributed by atoms with van der Waals surface area (Å²) in [5.41, 5.74) is 3.89. The lowest BCUT2D eigenvalue weighted by molar-refractivity contribution is -0.118. The van der Waals surface area contributed by atoms with Gasteiger partial charge in [-0.25, -0.2) is 0 Å². The van der Waals surface area contributed by atoms with Crippen LogP contribution in [0.3, 0.4) is 0 Å². The molecule has 0 atom stereocenters. The predicted octanol–water partition coefficient (Wildman–Crippen LogP) is 3.79. The van der Waals surface area contributed by atoms with Gasteiger partial charge < -0.3 is 10.1 Å². The van der Waals surface area contributed by atoms with E-state index < -0.39 is 0 Å². The van der Waals surface area contributed by atoms with Gasteiger partial charge in [-0.2, -0.15) is 0 Å². The fraction of sp³-hybridized carbons (Fsp3) is 0.300. The van der Waals surface area contributed by atoms with E-state index in [0.717, 1.165) is 18.6 Å². The third-order valence-electron chi connectivity index (χ3n) is 4.24. The summed E-state index contributed by atoms with van der Waals surface area (Å²) in [7, 11) is 0. The molecule has 3 rings (SSSR count). The van der Waals surface area contributed by atoms with Gasteiger partial charge in [0.25, 0.3) is 5.91 Å². The highest BCUT2D eigenvalue weighted by molar-refractivity contribution is 5.97. The molecule has 1 amide bonds. The Morgan fingerprint density at radius 3 is 2.62 bits per heavy atom. The van der Waals surface area contributed by atoms with Gasteiger partial charge in [-0.15, -0.1) is 0 Å². The molecule has 0 radical (unpaired) electrons. The molecule has 2 aromatic rings. The summed E-state index contributed by atoms with van der Waals surface area (Å²) in [6.07, 6.45) is 4.66. The number of ether oxygens (including phenoxy) is 1. The Morgan fingerprint density at radius 1 is 1.04 bits per heavy atom. The summed E-state index contributed by atoms with van der Waals surface area (Å²) in [5, 5.41) is 2.75. The lowest BCUT2D eigenvalue weighted by Gasteiger charge is -2.16. The molecule has 0 bridgehead atoms. The van der Waals surface area contributed by atoms with Crippen molar-refractivity contribution in [3.63, 3.8) is 0 Å². The van der Waals surface area contributed by atoms with E-state index in [9.17, 15) is 9.59 Å². The van der Waals surface area contributed by atoms with E-state index in [-0.39, 0.29) is 18.3 Å². The number of Topliss-reactive ketones (excluding diaryl/α,β-unsaturated/α-hetero) is 1. The molecule has 1 aliphatic rings. The van der Waals surface area contributed by atoms with E-state index in [1.54, 1.807) is 24.3 Å². The number of carbonyl (C=O) groups is 2. The number of fused-ring (bicyclic) bond motifs is 1. The minimum absolute atomic E-state index is 0.0311. The molecular weight excluding hydrogens is 302 g/mol. The van der Waals surface area contributed by atoms with Crippen molar-refractivity contribution in [2.75, 3.05) is 11.9 Å². The Bertz CT molecular complexity index is 767. The quantitative estimate of drug-likeness (QED) is 0.852. The number of ketones is 1. The summed E-state index contributed by atoms with van der Waals surface area (Å²) in [5.74, 6) is 0.452. The Morgan fingerprint density at radius 2 is 1.83 bits per heavy atom. The molecule has 0 saturated heterocycles. The highest BCUT2D eigenvalue weighted by Crippen LogP contribution is 2.25. The van der Waals surface area contributed by atoms with Crippen LogP contribution in [0.15, 0.2) is 42.5 Å². The third kappa shape index (κ3) is 4.02. The normalized spacial score (nSPS) is 13.0. The standard InChI is InChI=1S/C20H21NO3/c1-14(22)16-7-4-8-18(11-16)21-20(23)13-24-19-10-9-15-5-2-3-6-17(15)12-19/h4,7-12H,2-3,5-6,13H2,1H3,(H,21,23). The molecule has 0 aliphatic heterocycles. The third-order valence-corrected chi connectivity index (χ3v) is 4.24. The summed E-state index contributed by atoms with van der Waals surface area (Å²) in [4.78, 5) is 23.4. The van der Waals surface area contributed by atoms with E-state index in [2.05, 4.69) is 11.4 Å². The number of amides is 1. The molecule has 124 valence electrons. The van der Waals surface area contributed by atoms with Crippen molar-refractivity contribution in [3.8, 4) is 5.75 Å².